The summed E-state index contributed by atoms with van der Waals surface area (Å²) < 4.78 is 30.6. The lowest BCUT2D eigenvalue weighted by atomic mass is 9.84. The van der Waals surface area contributed by atoms with Gasteiger partial charge in [-0.25, -0.2) is 8.42 Å². The van der Waals surface area contributed by atoms with Gasteiger partial charge in [-0.15, -0.1) is 0 Å². The first kappa shape index (κ1) is 17.1. The third kappa shape index (κ3) is 3.59. The first-order valence-corrected chi connectivity index (χ1v) is 9.34. The zero-order valence-electron chi connectivity index (χ0n) is 13.7. The monoisotopic (exact) mass is 320 g/mol. The number of piperazine rings is 1. The highest BCUT2D eigenvalue weighted by atomic mass is 32.2. The van der Waals surface area contributed by atoms with Gasteiger partial charge in [0.2, 0.25) is 10.0 Å². The summed E-state index contributed by atoms with van der Waals surface area (Å²) >= 11 is 0. The third-order valence-electron chi connectivity index (χ3n) is 4.77. The molecule has 2 aliphatic heterocycles. The van der Waals surface area contributed by atoms with E-state index in [1.807, 2.05) is 27.7 Å². The maximum atomic E-state index is 11.5. The summed E-state index contributed by atoms with van der Waals surface area (Å²) in [5.74, 6) is 0.0253. The van der Waals surface area contributed by atoms with Crippen molar-refractivity contribution >= 4 is 10.0 Å². The molecule has 0 aliphatic carbocycles. The van der Waals surface area contributed by atoms with Crippen LogP contribution in [0.2, 0.25) is 0 Å². The molecule has 7 heteroatoms. The van der Waals surface area contributed by atoms with E-state index in [0.29, 0.717) is 26.2 Å². The van der Waals surface area contributed by atoms with Crippen LogP contribution < -0.4 is 0 Å². The standard InChI is InChI=1S/C14H28N2O4S/c1-13(2)11(12(17)14(3,4)20-13)10-15-6-8-16(9-7-15)21(5,18)19/h11-12,17H,6-10H2,1-5H3. The van der Waals surface area contributed by atoms with E-state index >= 15 is 0 Å². The van der Waals surface area contributed by atoms with E-state index in [4.69, 9.17) is 4.74 Å². The minimum Gasteiger partial charge on any atom is -0.390 e. The molecule has 2 saturated heterocycles. The first-order chi connectivity index (χ1) is 9.43. The SMILES string of the molecule is CC1(C)OC(C)(C)C(CN2CCN(S(C)(=O)=O)CC2)C1O. The van der Waals surface area contributed by atoms with E-state index < -0.39 is 21.7 Å². The highest BCUT2D eigenvalue weighted by Crippen LogP contribution is 2.42. The first-order valence-electron chi connectivity index (χ1n) is 7.49. The molecule has 124 valence electrons. The molecule has 2 unspecified atom stereocenters. The van der Waals surface area contributed by atoms with Gasteiger partial charge in [-0.05, 0) is 27.7 Å². The molecule has 1 N–H and O–H groups in total. The highest BCUT2D eigenvalue weighted by Gasteiger charge is 2.53. The van der Waals surface area contributed by atoms with Crippen LogP contribution in [0.5, 0.6) is 0 Å². The Balaban J connectivity index is 1.97. The smallest absolute Gasteiger partial charge is 0.211 e. The number of aliphatic hydroxyl groups is 1. The second-order valence-corrected chi connectivity index (χ2v) is 9.31. The highest BCUT2D eigenvalue weighted by molar-refractivity contribution is 7.88. The fourth-order valence-electron chi connectivity index (χ4n) is 3.52. The van der Waals surface area contributed by atoms with Crippen LogP contribution in [-0.4, -0.2) is 79.0 Å². The van der Waals surface area contributed by atoms with Crippen molar-refractivity contribution in [3.05, 3.63) is 0 Å². The van der Waals surface area contributed by atoms with E-state index in [1.165, 1.54) is 10.6 Å². The number of rotatable bonds is 3. The summed E-state index contributed by atoms with van der Waals surface area (Å²) in [6.45, 7) is 11.0. The summed E-state index contributed by atoms with van der Waals surface area (Å²) in [6.07, 6.45) is 0.739. The minimum atomic E-state index is -3.10. The summed E-state index contributed by atoms with van der Waals surface area (Å²) in [5.41, 5.74) is -0.917. The predicted octanol–water partition coefficient (Wildman–Crippen LogP) is 0.128. The lowest BCUT2D eigenvalue weighted by molar-refractivity contribution is -0.0914. The fraction of sp³-hybridized carbons (Fsp3) is 1.00. The lowest BCUT2D eigenvalue weighted by Gasteiger charge is -2.37. The molecule has 2 heterocycles. The molecule has 0 aromatic carbocycles. The fourth-order valence-corrected chi connectivity index (χ4v) is 4.35. The van der Waals surface area contributed by atoms with Crippen molar-refractivity contribution in [2.24, 2.45) is 5.92 Å². The van der Waals surface area contributed by atoms with Gasteiger partial charge in [0, 0.05) is 38.6 Å². The zero-order chi connectivity index (χ0) is 16.1. The van der Waals surface area contributed by atoms with Crippen LogP contribution in [0.15, 0.2) is 0 Å². The number of ether oxygens (including phenoxy) is 1. The van der Waals surface area contributed by atoms with Crippen LogP contribution in [0.25, 0.3) is 0 Å². The van der Waals surface area contributed by atoms with Crippen LogP contribution in [0, 0.1) is 5.92 Å². The van der Waals surface area contributed by atoms with Gasteiger partial charge in [0.25, 0.3) is 0 Å². The third-order valence-corrected chi connectivity index (χ3v) is 6.07. The van der Waals surface area contributed by atoms with Crippen molar-refractivity contribution in [3.8, 4) is 0 Å². The van der Waals surface area contributed by atoms with Gasteiger partial charge < -0.3 is 14.7 Å². The molecular weight excluding hydrogens is 292 g/mol. The molecular formula is C14H28N2O4S. The molecule has 6 nitrogen and oxygen atoms in total. The Morgan fingerprint density at radius 2 is 1.62 bits per heavy atom. The Morgan fingerprint density at radius 1 is 1.10 bits per heavy atom. The number of nitrogens with zero attached hydrogens (tertiary/aromatic N) is 2. The second-order valence-electron chi connectivity index (χ2n) is 7.32. The molecule has 0 spiro atoms. The van der Waals surface area contributed by atoms with Crippen molar-refractivity contribution in [2.75, 3.05) is 39.0 Å². The average Bonchev–Trinajstić information content (AvgIpc) is 2.47. The Bertz CT molecular complexity index is 481. The largest absolute Gasteiger partial charge is 0.390 e. The van der Waals surface area contributed by atoms with Crippen molar-refractivity contribution in [1.82, 2.24) is 9.21 Å². The summed E-state index contributed by atoms with van der Waals surface area (Å²) in [7, 11) is -3.10. The molecule has 2 aliphatic rings. The topological polar surface area (TPSA) is 70.1 Å². The summed E-state index contributed by atoms with van der Waals surface area (Å²) in [4.78, 5) is 2.22. The van der Waals surface area contributed by atoms with Crippen LogP contribution >= 0.6 is 0 Å². The van der Waals surface area contributed by atoms with E-state index in [-0.39, 0.29) is 11.5 Å². The Labute approximate surface area is 128 Å². The quantitative estimate of drug-likeness (QED) is 0.800. The number of hydrogen-bond donors (Lipinski definition) is 1. The normalized spacial score (nSPS) is 34.2. The molecule has 0 radical (unpaired) electrons. The number of sulfonamides is 1. The van der Waals surface area contributed by atoms with Crippen molar-refractivity contribution in [2.45, 2.75) is 45.0 Å². The molecule has 0 saturated carbocycles. The summed E-state index contributed by atoms with van der Waals surface area (Å²) in [5, 5.41) is 10.5. The van der Waals surface area contributed by atoms with Crippen LogP contribution in [0.3, 0.4) is 0 Å². The maximum Gasteiger partial charge on any atom is 0.211 e. The molecule has 0 aromatic rings. The van der Waals surface area contributed by atoms with Gasteiger partial charge >= 0.3 is 0 Å². The second kappa shape index (κ2) is 5.45. The molecule has 0 amide bonds. The Hall–Kier alpha value is -0.210. The van der Waals surface area contributed by atoms with Crippen LogP contribution in [-0.2, 0) is 14.8 Å². The maximum absolute atomic E-state index is 11.5. The van der Waals surface area contributed by atoms with Gasteiger partial charge in [-0.1, -0.05) is 0 Å². The van der Waals surface area contributed by atoms with Gasteiger partial charge in [0.05, 0.1) is 23.6 Å². The predicted molar refractivity (Wildman–Crippen MR) is 81.6 cm³/mol. The molecule has 2 atom stereocenters. The van der Waals surface area contributed by atoms with E-state index in [0.717, 1.165) is 6.54 Å². The molecule has 0 bridgehead atoms. The number of aliphatic hydroxyl groups excluding tert-OH is 1. The Kier molecular flexibility index (Phi) is 4.45. The van der Waals surface area contributed by atoms with E-state index in [1.54, 1.807) is 0 Å². The lowest BCUT2D eigenvalue weighted by Crippen LogP contribution is -2.52. The number of hydrogen-bond acceptors (Lipinski definition) is 5. The average molecular weight is 320 g/mol. The zero-order valence-corrected chi connectivity index (χ0v) is 14.5. The van der Waals surface area contributed by atoms with Crippen molar-refractivity contribution < 1.29 is 18.3 Å². The van der Waals surface area contributed by atoms with Crippen LogP contribution in [0.1, 0.15) is 27.7 Å². The van der Waals surface area contributed by atoms with Gasteiger partial charge in [0.1, 0.15) is 0 Å². The van der Waals surface area contributed by atoms with Gasteiger partial charge in [0.15, 0.2) is 0 Å². The van der Waals surface area contributed by atoms with E-state index in [2.05, 4.69) is 4.90 Å². The molecule has 21 heavy (non-hydrogen) atoms. The molecule has 0 aromatic heterocycles. The Morgan fingerprint density at radius 3 is 2.00 bits per heavy atom. The van der Waals surface area contributed by atoms with Crippen LogP contribution in [0.4, 0.5) is 0 Å². The minimum absolute atomic E-state index is 0.0253. The van der Waals surface area contributed by atoms with Gasteiger partial charge in [-0.3, -0.25) is 0 Å². The van der Waals surface area contributed by atoms with Gasteiger partial charge in [-0.2, -0.15) is 4.31 Å². The van der Waals surface area contributed by atoms with Crippen molar-refractivity contribution in [1.29, 1.82) is 0 Å². The van der Waals surface area contributed by atoms with E-state index in [9.17, 15) is 13.5 Å². The summed E-state index contributed by atoms with van der Waals surface area (Å²) in [6, 6.07) is 0. The molecule has 2 fully saturated rings. The van der Waals surface area contributed by atoms with Crippen molar-refractivity contribution in [3.63, 3.8) is 0 Å². The molecule has 2 rings (SSSR count).